The van der Waals surface area contributed by atoms with E-state index in [1.54, 1.807) is 0 Å². The minimum absolute atomic E-state index is 0.0523. The van der Waals surface area contributed by atoms with Crippen molar-refractivity contribution in [3.8, 4) is 0 Å². The predicted molar refractivity (Wildman–Crippen MR) is 107 cm³/mol. The highest BCUT2D eigenvalue weighted by Crippen LogP contribution is 2.38. The molecule has 3 heterocycles. The van der Waals surface area contributed by atoms with Crippen LogP contribution in [0.3, 0.4) is 0 Å². The molecular formula is C21H24FN3O3. The number of aromatic nitrogens is 1. The smallest absolute Gasteiger partial charge is 0.341 e. The molecule has 1 aromatic heterocycles. The molecule has 0 bridgehead atoms. The summed E-state index contributed by atoms with van der Waals surface area (Å²) < 4.78 is 17.0. The number of aryl methyl sites for hydroxylation is 1. The van der Waals surface area contributed by atoms with Crippen molar-refractivity contribution in [2.24, 2.45) is 0 Å². The quantitative estimate of drug-likeness (QED) is 0.820. The summed E-state index contributed by atoms with van der Waals surface area (Å²) in [5.74, 6) is -1.72. The van der Waals surface area contributed by atoms with Crippen LogP contribution in [0.4, 0.5) is 10.1 Å². The molecule has 2 aliphatic heterocycles. The molecule has 1 saturated heterocycles. The molecule has 4 rings (SSSR count). The SMILES string of the molecule is C=CCN1CCN(c2c(F)cc3c(=O)c(C(=O)O)cn4c3c2CCC4C)CC1. The highest BCUT2D eigenvalue weighted by Gasteiger charge is 2.29. The lowest BCUT2D eigenvalue weighted by molar-refractivity contribution is 0.0694. The van der Waals surface area contributed by atoms with Crippen molar-refractivity contribution in [3.05, 3.63) is 52.1 Å². The van der Waals surface area contributed by atoms with E-state index in [9.17, 15) is 14.7 Å². The van der Waals surface area contributed by atoms with Crippen molar-refractivity contribution in [1.82, 2.24) is 9.47 Å². The van der Waals surface area contributed by atoms with Gasteiger partial charge in [0, 0.05) is 55.9 Å². The normalized spacial score (nSPS) is 19.8. The molecule has 1 aromatic carbocycles. The van der Waals surface area contributed by atoms with Gasteiger partial charge < -0.3 is 14.6 Å². The fourth-order valence-corrected chi connectivity index (χ4v) is 4.47. The standard InChI is InChI=1S/C21H24FN3O3/c1-3-6-23-7-9-24(10-8-23)19-14-5-4-13(2)25-12-16(21(27)28)20(26)15(18(14)25)11-17(19)22/h3,11-13H,1,4-10H2,2H3,(H,27,28). The second-order valence-electron chi connectivity index (χ2n) is 7.63. The van der Waals surface area contributed by atoms with Crippen molar-refractivity contribution in [2.75, 3.05) is 37.6 Å². The lowest BCUT2D eigenvalue weighted by Gasteiger charge is -2.38. The van der Waals surface area contributed by atoms with Crippen LogP contribution < -0.4 is 10.3 Å². The fourth-order valence-electron chi connectivity index (χ4n) is 4.47. The Morgan fingerprint density at radius 1 is 1.36 bits per heavy atom. The van der Waals surface area contributed by atoms with Crippen LogP contribution in [-0.2, 0) is 6.42 Å². The van der Waals surface area contributed by atoms with Gasteiger partial charge in [0.2, 0.25) is 5.43 Å². The Hall–Kier alpha value is -2.67. The Kier molecular flexibility index (Phi) is 4.71. The lowest BCUT2D eigenvalue weighted by Crippen LogP contribution is -2.47. The zero-order chi connectivity index (χ0) is 20.0. The third-order valence-corrected chi connectivity index (χ3v) is 5.93. The largest absolute Gasteiger partial charge is 0.477 e. The van der Waals surface area contributed by atoms with Gasteiger partial charge in [0.05, 0.1) is 11.2 Å². The molecule has 148 valence electrons. The second-order valence-corrected chi connectivity index (χ2v) is 7.63. The molecule has 6 nitrogen and oxygen atoms in total. The highest BCUT2D eigenvalue weighted by molar-refractivity contribution is 5.95. The van der Waals surface area contributed by atoms with Crippen molar-refractivity contribution in [2.45, 2.75) is 25.8 Å². The van der Waals surface area contributed by atoms with Crippen LogP contribution in [-0.4, -0.2) is 53.3 Å². The van der Waals surface area contributed by atoms with Gasteiger partial charge in [-0.25, -0.2) is 9.18 Å². The summed E-state index contributed by atoms with van der Waals surface area (Å²) in [5, 5.41) is 9.55. The minimum Gasteiger partial charge on any atom is -0.477 e. The third-order valence-electron chi connectivity index (χ3n) is 5.93. The van der Waals surface area contributed by atoms with E-state index in [2.05, 4.69) is 16.4 Å². The van der Waals surface area contributed by atoms with Crippen LogP contribution in [0.25, 0.3) is 10.9 Å². The number of nitrogens with zero attached hydrogens (tertiary/aromatic N) is 3. The van der Waals surface area contributed by atoms with Crippen LogP contribution in [0, 0.1) is 5.82 Å². The van der Waals surface area contributed by atoms with Crippen LogP contribution in [0.5, 0.6) is 0 Å². The lowest BCUT2D eigenvalue weighted by atomic mass is 9.93. The van der Waals surface area contributed by atoms with Gasteiger partial charge in [0.25, 0.3) is 0 Å². The maximum absolute atomic E-state index is 15.2. The third kappa shape index (κ3) is 2.90. The number of benzene rings is 1. The first-order valence-electron chi connectivity index (χ1n) is 9.64. The van der Waals surface area contributed by atoms with Crippen LogP contribution >= 0.6 is 0 Å². The molecule has 1 atom stereocenters. The molecule has 0 spiro atoms. The molecule has 0 saturated carbocycles. The number of hydrogen-bond acceptors (Lipinski definition) is 4. The van der Waals surface area contributed by atoms with Gasteiger partial charge in [-0.15, -0.1) is 6.58 Å². The summed E-state index contributed by atoms with van der Waals surface area (Å²) in [6, 6.07) is 1.28. The Labute approximate surface area is 162 Å². The number of aromatic carboxylic acids is 1. The van der Waals surface area contributed by atoms with Gasteiger partial charge in [0.1, 0.15) is 11.4 Å². The fraction of sp³-hybridized carbons (Fsp3) is 0.429. The monoisotopic (exact) mass is 385 g/mol. The molecular weight excluding hydrogens is 361 g/mol. The molecule has 0 radical (unpaired) electrons. The molecule has 0 amide bonds. The van der Waals surface area contributed by atoms with Gasteiger partial charge >= 0.3 is 5.97 Å². The van der Waals surface area contributed by atoms with Crippen LogP contribution in [0.2, 0.25) is 0 Å². The molecule has 1 fully saturated rings. The highest BCUT2D eigenvalue weighted by atomic mass is 19.1. The molecule has 7 heteroatoms. The first kappa shape index (κ1) is 18.7. The summed E-state index contributed by atoms with van der Waals surface area (Å²) in [5.41, 5.74) is 1.14. The van der Waals surface area contributed by atoms with Gasteiger partial charge in [-0.2, -0.15) is 0 Å². The first-order valence-corrected chi connectivity index (χ1v) is 9.64. The summed E-state index contributed by atoms with van der Waals surface area (Å²) in [4.78, 5) is 28.5. The Bertz CT molecular complexity index is 1020. The summed E-state index contributed by atoms with van der Waals surface area (Å²) in [7, 11) is 0. The van der Waals surface area contributed by atoms with E-state index in [0.29, 0.717) is 30.7 Å². The zero-order valence-corrected chi connectivity index (χ0v) is 15.9. The average Bonchev–Trinajstić information content (AvgIpc) is 2.67. The molecule has 2 aliphatic rings. The Balaban J connectivity index is 1.88. The van der Waals surface area contributed by atoms with E-state index in [1.165, 1.54) is 12.3 Å². The summed E-state index contributed by atoms with van der Waals surface area (Å²) in [6.45, 7) is 9.64. The van der Waals surface area contributed by atoms with Crippen molar-refractivity contribution in [3.63, 3.8) is 0 Å². The number of pyridine rings is 1. The van der Waals surface area contributed by atoms with Crippen LogP contribution in [0.1, 0.15) is 35.3 Å². The number of carbonyl (C=O) groups is 1. The van der Waals surface area contributed by atoms with E-state index in [4.69, 9.17) is 0 Å². The van der Waals surface area contributed by atoms with E-state index >= 15 is 4.39 Å². The maximum atomic E-state index is 15.2. The zero-order valence-electron chi connectivity index (χ0n) is 15.9. The molecule has 1 N–H and O–H groups in total. The Morgan fingerprint density at radius 3 is 2.71 bits per heavy atom. The topological polar surface area (TPSA) is 65.8 Å². The molecule has 2 aromatic rings. The van der Waals surface area contributed by atoms with E-state index in [0.717, 1.165) is 31.6 Å². The molecule has 28 heavy (non-hydrogen) atoms. The van der Waals surface area contributed by atoms with Gasteiger partial charge in [0.15, 0.2) is 0 Å². The van der Waals surface area contributed by atoms with E-state index in [-0.39, 0.29) is 17.0 Å². The number of rotatable bonds is 4. The average molecular weight is 385 g/mol. The van der Waals surface area contributed by atoms with Crippen molar-refractivity contribution in [1.29, 1.82) is 0 Å². The van der Waals surface area contributed by atoms with Crippen molar-refractivity contribution < 1.29 is 14.3 Å². The number of halogens is 1. The molecule has 1 unspecified atom stereocenters. The van der Waals surface area contributed by atoms with Gasteiger partial charge in [-0.1, -0.05) is 6.08 Å². The Morgan fingerprint density at radius 2 is 2.07 bits per heavy atom. The number of piperazine rings is 1. The first-order chi connectivity index (χ1) is 13.4. The predicted octanol–water partition coefficient (Wildman–Crippen LogP) is 2.65. The maximum Gasteiger partial charge on any atom is 0.341 e. The minimum atomic E-state index is -1.28. The second kappa shape index (κ2) is 7.05. The number of hydrogen-bond donors (Lipinski definition) is 1. The summed E-state index contributed by atoms with van der Waals surface area (Å²) >= 11 is 0. The van der Waals surface area contributed by atoms with Gasteiger partial charge in [-0.3, -0.25) is 9.69 Å². The molecule has 0 aliphatic carbocycles. The van der Waals surface area contributed by atoms with E-state index in [1.807, 2.05) is 17.6 Å². The van der Waals surface area contributed by atoms with Gasteiger partial charge in [-0.05, 0) is 25.8 Å². The number of anilines is 1. The van der Waals surface area contributed by atoms with Crippen molar-refractivity contribution >= 4 is 22.6 Å². The number of carboxylic acid groups (broad SMARTS) is 1. The summed E-state index contributed by atoms with van der Waals surface area (Å²) in [6.07, 6.45) is 4.74. The number of carboxylic acids is 1. The van der Waals surface area contributed by atoms with Crippen LogP contribution in [0.15, 0.2) is 29.7 Å². The van der Waals surface area contributed by atoms with E-state index < -0.39 is 17.2 Å².